The Morgan fingerprint density at radius 2 is 0.883 bits per heavy atom. The number of unbranched alkanes of at least 4 members (excludes halogenated alkanes) is 34. The summed E-state index contributed by atoms with van der Waals surface area (Å²) in [6.07, 6.45) is 73.3. The number of hydrogen-bond donors (Lipinski definition) is 2. The van der Waals surface area contributed by atoms with Gasteiger partial charge in [0.1, 0.15) is 19.3 Å². The third kappa shape index (κ3) is 57.9. The van der Waals surface area contributed by atoms with Gasteiger partial charge in [0, 0.05) is 12.8 Å². The number of quaternary nitrogens is 1. The summed E-state index contributed by atoms with van der Waals surface area (Å²) < 4.78 is 30.7. The van der Waals surface area contributed by atoms with E-state index in [9.17, 15) is 19.0 Å². The first-order valence-electron chi connectivity index (χ1n) is 32.3. The molecule has 448 valence electrons. The second-order valence-electron chi connectivity index (χ2n) is 23.0. The van der Waals surface area contributed by atoms with Crippen molar-refractivity contribution in [1.29, 1.82) is 0 Å². The van der Waals surface area contributed by atoms with Gasteiger partial charge in [0.15, 0.2) is 0 Å². The highest BCUT2D eigenvalue weighted by Gasteiger charge is 2.30. The van der Waals surface area contributed by atoms with E-state index in [1.807, 2.05) is 33.3 Å². The molecule has 0 aromatic heterocycles. The summed E-state index contributed by atoms with van der Waals surface area (Å²) in [5.41, 5.74) is 0. The number of carbonyl (C=O) groups excluding carboxylic acids is 2. The molecule has 9 nitrogen and oxygen atoms in total. The predicted molar refractivity (Wildman–Crippen MR) is 332 cm³/mol. The van der Waals surface area contributed by atoms with E-state index < -0.39 is 20.0 Å². The number of carbonyl (C=O) groups is 2. The lowest BCUT2D eigenvalue weighted by Crippen LogP contribution is -2.47. The van der Waals surface area contributed by atoms with Crippen LogP contribution in [0.5, 0.6) is 0 Å². The number of ether oxygens (including phenoxy) is 1. The van der Waals surface area contributed by atoms with Crippen molar-refractivity contribution in [2.24, 2.45) is 0 Å². The summed E-state index contributed by atoms with van der Waals surface area (Å²) >= 11 is 0. The van der Waals surface area contributed by atoms with Crippen molar-refractivity contribution < 1.29 is 37.3 Å². The first kappa shape index (κ1) is 74.5. The Hall–Kier alpha value is -2.55. The Labute approximate surface area is 476 Å². The monoisotopic (exact) mass is 1100 g/mol. The average molecular weight is 1100 g/mol. The first-order valence-corrected chi connectivity index (χ1v) is 33.8. The fraction of sp³-hybridized carbons (Fsp3) is 0.791. The maximum Gasteiger partial charge on any atom is 0.472 e. The summed E-state index contributed by atoms with van der Waals surface area (Å²) in [6, 6.07) is -0.856. The van der Waals surface area contributed by atoms with Crippen LogP contribution >= 0.6 is 7.82 Å². The van der Waals surface area contributed by atoms with E-state index in [4.69, 9.17) is 13.8 Å². The highest BCUT2D eigenvalue weighted by atomic mass is 31.2. The minimum Gasteiger partial charge on any atom is -0.456 e. The van der Waals surface area contributed by atoms with Gasteiger partial charge >= 0.3 is 13.8 Å². The number of rotatable bonds is 58. The van der Waals surface area contributed by atoms with Crippen LogP contribution in [0.15, 0.2) is 72.9 Å². The molecule has 0 saturated carbocycles. The summed E-state index contributed by atoms with van der Waals surface area (Å²) in [7, 11) is 1.49. The molecule has 0 aromatic carbocycles. The van der Waals surface area contributed by atoms with Crippen molar-refractivity contribution in [1.82, 2.24) is 5.32 Å². The van der Waals surface area contributed by atoms with Crippen LogP contribution in [-0.4, -0.2) is 74.3 Å². The zero-order valence-corrected chi connectivity index (χ0v) is 52.1. The lowest BCUT2D eigenvalue weighted by atomic mass is 10.0. The van der Waals surface area contributed by atoms with E-state index in [1.54, 1.807) is 0 Å². The molecule has 0 spiro atoms. The van der Waals surface area contributed by atoms with Crippen LogP contribution in [0.4, 0.5) is 0 Å². The Bertz CT molecular complexity index is 1550. The average Bonchev–Trinajstić information content (AvgIpc) is 3.39. The number of hydrogen-bond acceptors (Lipinski definition) is 6. The number of nitrogens with zero attached hydrogens (tertiary/aromatic N) is 1. The first-order chi connectivity index (χ1) is 37.4. The molecular weight excluding hydrogens is 976 g/mol. The van der Waals surface area contributed by atoms with Crippen LogP contribution in [0.2, 0.25) is 0 Å². The second kappa shape index (κ2) is 56.7. The van der Waals surface area contributed by atoms with E-state index in [0.717, 1.165) is 83.5 Å². The molecule has 0 heterocycles. The quantitative estimate of drug-likeness (QED) is 0.0156. The molecule has 0 saturated heterocycles. The van der Waals surface area contributed by atoms with Crippen LogP contribution in [0.1, 0.15) is 290 Å². The maximum absolute atomic E-state index is 13.6. The van der Waals surface area contributed by atoms with Crippen LogP contribution in [0.3, 0.4) is 0 Å². The van der Waals surface area contributed by atoms with Crippen molar-refractivity contribution >= 4 is 19.7 Å². The molecule has 0 bridgehead atoms. The predicted octanol–water partition coefficient (Wildman–Crippen LogP) is 20.0. The Kier molecular flexibility index (Phi) is 54.8. The van der Waals surface area contributed by atoms with Gasteiger partial charge in [-0.15, -0.1) is 0 Å². The van der Waals surface area contributed by atoms with Crippen LogP contribution < -0.4 is 5.32 Å². The largest absolute Gasteiger partial charge is 0.472 e. The SMILES string of the molecule is CC/C=C/C=C/C=C/CCCCCCCCCC(=O)OC(/C=C\CCCCCCCCCCCCC)C(COP(=O)(O)OCC[N+](C)(C)C)NC(=O)CCCCCCCCCCCCCCC/C=C\C/C=C\CCCCC. The standard InChI is InChI=1S/C67H123N2O7P/c1-7-10-13-16-19-22-25-28-30-31-32-33-34-35-36-37-39-41-44-47-50-53-56-59-66(70)68-64(63-75-77(72,73)74-62-61-69(4,5)6)65(58-55-52-49-46-43-40-27-24-21-18-15-12-9-3)76-67(71)60-57-54-51-48-45-42-38-29-26-23-20-17-14-11-8-2/h11,14,17,19-20,22-23,26,28,30,55,58,64-65H,7-10,12-13,15-16,18,21,24-25,27,29,31-54,56-57,59-63H2,1-6H3,(H-,68,70,72,73)/p+1/b14-11+,20-17+,22-19-,26-23+,30-28-,58-55-. The summed E-state index contributed by atoms with van der Waals surface area (Å²) in [6.45, 7) is 6.87. The van der Waals surface area contributed by atoms with Gasteiger partial charge in [-0.2, -0.15) is 0 Å². The second-order valence-corrected chi connectivity index (χ2v) is 24.4. The molecule has 10 heteroatoms. The lowest BCUT2D eigenvalue weighted by Gasteiger charge is -2.27. The van der Waals surface area contributed by atoms with Gasteiger partial charge in [0.25, 0.3) is 0 Å². The van der Waals surface area contributed by atoms with Gasteiger partial charge in [-0.3, -0.25) is 18.6 Å². The maximum atomic E-state index is 13.6. The molecule has 2 N–H and O–H groups in total. The van der Waals surface area contributed by atoms with Crippen molar-refractivity contribution in [3.63, 3.8) is 0 Å². The molecule has 0 fully saturated rings. The van der Waals surface area contributed by atoms with E-state index in [-0.39, 0.29) is 31.5 Å². The van der Waals surface area contributed by atoms with Gasteiger partial charge < -0.3 is 19.4 Å². The molecule has 3 atom stereocenters. The van der Waals surface area contributed by atoms with Crippen LogP contribution in [0.25, 0.3) is 0 Å². The number of phosphoric acid groups is 1. The van der Waals surface area contributed by atoms with E-state index in [1.165, 1.54) is 173 Å². The number of esters is 1. The molecule has 0 radical (unpaired) electrons. The molecule has 0 aliphatic carbocycles. The molecule has 3 unspecified atom stereocenters. The normalized spacial score (nSPS) is 14.1. The molecule has 0 aliphatic heterocycles. The number of likely N-dealkylation sites (N-methyl/N-ethyl adjacent to an activating group) is 1. The van der Waals surface area contributed by atoms with E-state index in [0.29, 0.717) is 17.4 Å². The molecular formula is C67H124N2O7P+. The Morgan fingerprint density at radius 3 is 1.36 bits per heavy atom. The molecule has 1 amide bonds. The van der Waals surface area contributed by atoms with Crippen LogP contribution in [0, 0.1) is 0 Å². The van der Waals surface area contributed by atoms with Gasteiger partial charge in [0.2, 0.25) is 5.91 Å². The summed E-state index contributed by atoms with van der Waals surface area (Å²) in [4.78, 5) is 37.8. The number of amides is 1. The lowest BCUT2D eigenvalue weighted by molar-refractivity contribution is -0.870. The summed E-state index contributed by atoms with van der Waals surface area (Å²) in [5.74, 6) is -0.515. The third-order valence-corrected chi connectivity index (χ3v) is 15.2. The number of phosphoric ester groups is 1. The number of nitrogens with one attached hydrogen (secondary N) is 1. The molecule has 0 aromatic rings. The Morgan fingerprint density at radius 1 is 0.481 bits per heavy atom. The Balaban J connectivity index is 5.18. The minimum absolute atomic E-state index is 0.0364. The summed E-state index contributed by atoms with van der Waals surface area (Å²) in [5, 5.41) is 3.06. The highest BCUT2D eigenvalue weighted by molar-refractivity contribution is 7.47. The smallest absolute Gasteiger partial charge is 0.456 e. The van der Waals surface area contributed by atoms with E-state index in [2.05, 4.69) is 86.8 Å². The fourth-order valence-corrected chi connectivity index (χ4v) is 9.94. The molecule has 0 rings (SSSR count). The van der Waals surface area contributed by atoms with Gasteiger partial charge in [0.05, 0.1) is 33.8 Å². The fourth-order valence-electron chi connectivity index (χ4n) is 9.21. The van der Waals surface area contributed by atoms with E-state index >= 15 is 0 Å². The molecule has 77 heavy (non-hydrogen) atoms. The van der Waals surface area contributed by atoms with Crippen molar-refractivity contribution in [2.45, 2.75) is 303 Å². The van der Waals surface area contributed by atoms with Crippen molar-refractivity contribution in [2.75, 3.05) is 40.9 Å². The highest BCUT2D eigenvalue weighted by Crippen LogP contribution is 2.43. The molecule has 0 aliphatic rings. The minimum atomic E-state index is -4.45. The van der Waals surface area contributed by atoms with Crippen LogP contribution in [-0.2, 0) is 27.9 Å². The zero-order chi connectivity index (χ0) is 56.4. The van der Waals surface area contributed by atoms with Gasteiger partial charge in [-0.25, -0.2) is 4.57 Å². The number of allylic oxidation sites excluding steroid dienone is 11. The van der Waals surface area contributed by atoms with Gasteiger partial charge in [-0.05, 0) is 83.1 Å². The van der Waals surface area contributed by atoms with Crippen molar-refractivity contribution in [3.05, 3.63) is 72.9 Å². The van der Waals surface area contributed by atoms with Gasteiger partial charge in [-0.1, -0.05) is 267 Å². The van der Waals surface area contributed by atoms with Crippen molar-refractivity contribution in [3.8, 4) is 0 Å². The topological polar surface area (TPSA) is 111 Å². The zero-order valence-electron chi connectivity index (χ0n) is 51.2. The third-order valence-electron chi connectivity index (χ3n) is 14.2.